The number of unbranched alkanes of at least 4 members (excludes halogenated alkanes) is 8. The van der Waals surface area contributed by atoms with Crippen LogP contribution in [0.2, 0.25) is 0 Å². The van der Waals surface area contributed by atoms with E-state index in [1.54, 1.807) is 0 Å². The maximum absolute atomic E-state index is 14.3. The summed E-state index contributed by atoms with van der Waals surface area (Å²) in [6.45, 7) is 5.27. The number of carbonyl (C=O) groups excluding carboxylic acids is 7. The average molecular weight is 1040 g/mol. The number of allylic oxidation sites excluding steroid dienone is 4. The molecule has 74 heavy (non-hydrogen) atoms. The zero-order valence-electron chi connectivity index (χ0n) is 43.3. The zero-order chi connectivity index (χ0) is 54.6. The first-order valence-electron chi connectivity index (χ1n) is 26.3. The van der Waals surface area contributed by atoms with Crippen LogP contribution in [0.15, 0.2) is 48.6 Å². The summed E-state index contributed by atoms with van der Waals surface area (Å²) in [6.07, 6.45) is 4.72. The van der Waals surface area contributed by atoms with Crippen molar-refractivity contribution in [1.82, 2.24) is 31.1 Å². The first kappa shape index (κ1) is 61.3. The van der Waals surface area contributed by atoms with Crippen LogP contribution in [0.5, 0.6) is 5.75 Å². The minimum absolute atomic E-state index is 0.0467. The molecular weight excluding hydrogens is 961 g/mol. The second-order valence-corrected chi connectivity index (χ2v) is 20.3. The Morgan fingerprint density at radius 3 is 1.93 bits per heavy atom. The Hall–Kier alpha value is -5.29. The fourth-order valence-corrected chi connectivity index (χ4v) is 9.63. The number of aliphatic hydroxyl groups excluding tert-OH is 7. The van der Waals surface area contributed by atoms with E-state index in [9.17, 15) is 74.4 Å². The number of amides is 6. The van der Waals surface area contributed by atoms with Gasteiger partial charge >= 0.3 is 0 Å². The highest BCUT2D eigenvalue weighted by atomic mass is 16.3. The monoisotopic (exact) mass is 1040 g/mol. The Kier molecular flexibility index (Phi) is 25.1. The van der Waals surface area contributed by atoms with Gasteiger partial charge in [-0.05, 0) is 76.5 Å². The number of phenolic OH excluding ortho intramolecular Hbond substituents is 1. The van der Waals surface area contributed by atoms with Crippen molar-refractivity contribution in [2.75, 3.05) is 13.1 Å². The number of fused-ring (bicyclic) bond motifs is 2. The second kappa shape index (κ2) is 30.3. The molecule has 0 radical (unpaired) electrons. The highest BCUT2D eigenvalue weighted by Gasteiger charge is 2.50. The third-order valence-corrected chi connectivity index (χ3v) is 14.0. The molecule has 3 aliphatic rings. The van der Waals surface area contributed by atoms with Crippen LogP contribution in [0.3, 0.4) is 0 Å². The summed E-state index contributed by atoms with van der Waals surface area (Å²) in [5, 5.41) is 97.3. The van der Waals surface area contributed by atoms with Crippen LogP contribution in [-0.4, -0.2) is 178 Å². The lowest BCUT2D eigenvalue weighted by Gasteiger charge is -2.33. The van der Waals surface area contributed by atoms with Crippen molar-refractivity contribution < 1.29 is 74.4 Å². The molecule has 0 aromatic heterocycles. The Morgan fingerprint density at radius 1 is 0.730 bits per heavy atom. The van der Waals surface area contributed by atoms with Gasteiger partial charge in [0.1, 0.15) is 36.0 Å². The second-order valence-electron chi connectivity index (χ2n) is 20.3. The Morgan fingerprint density at radius 2 is 1.31 bits per heavy atom. The van der Waals surface area contributed by atoms with E-state index in [2.05, 4.69) is 52.5 Å². The third kappa shape index (κ3) is 18.2. The predicted octanol–water partition coefficient (Wildman–Crippen LogP) is 0.269. The SMILES string of the molecule is CCCCC/C=C\C/C=C\CCCCCCCC(=O)N[C@H]1C[C@@H](O)[C@@H](O)NC(=O)C2[C@@H](O)[C@@H](C)CN2C(=O)[C@H]([C@@H](C)O)NC(=O)[C@H]([C@H](O)Cc2ccc(O)cc2)CC(=O)[C@@H]2C[C@@H](O)CN2C(=O)[C@H]([C@@H](C)O)NC1=O. The van der Waals surface area contributed by atoms with Crippen molar-refractivity contribution in [3.63, 3.8) is 0 Å². The molecule has 21 heteroatoms. The minimum Gasteiger partial charge on any atom is -0.508 e. The molecule has 14 atom stereocenters. The van der Waals surface area contributed by atoms with Gasteiger partial charge in [-0.3, -0.25) is 33.6 Å². The number of carbonyl (C=O) groups is 7. The van der Waals surface area contributed by atoms with Crippen LogP contribution < -0.4 is 21.3 Å². The molecule has 6 amide bonds. The number of nitrogens with zero attached hydrogens (tertiary/aromatic N) is 2. The number of aliphatic hydroxyl groups is 7. The van der Waals surface area contributed by atoms with Crippen molar-refractivity contribution in [3.8, 4) is 5.75 Å². The van der Waals surface area contributed by atoms with Gasteiger partial charge in [-0.1, -0.05) is 82.4 Å². The predicted molar refractivity (Wildman–Crippen MR) is 271 cm³/mol. The average Bonchev–Trinajstić information content (AvgIpc) is 3.89. The van der Waals surface area contributed by atoms with E-state index in [0.717, 1.165) is 55.2 Å². The molecule has 0 aliphatic carbocycles. The van der Waals surface area contributed by atoms with E-state index in [1.807, 2.05) is 0 Å². The summed E-state index contributed by atoms with van der Waals surface area (Å²) in [7, 11) is 0. The van der Waals surface area contributed by atoms with Crippen molar-refractivity contribution in [3.05, 3.63) is 54.1 Å². The first-order chi connectivity index (χ1) is 35.1. The Bertz CT molecular complexity index is 2070. The van der Waals surface area contributed by atoms with E-state index in [1.165, 1.54) is 57.4 Å². The fraction of sp³-hybridized carbons (Fsp3) is 0.679. The zero-order valence-corrected chi connectivity index (χ0v) is 43.3. The summed E-state index contributed by atoms with van der Waals surface area (Å²) in [4.78, 5) is 101. The largest absolute Gasteiger partial charge is 0.508 e. The van der Waals surface area contributed by atoms with E-state index in [0.29, 0.717) is 18.4 Å². The lowest BCUT2D eigenvalue weighted by atomic mass is 9.88. The Labute approximate surface area is 433 Å². The topological polar surface area (TPSA) is 336 Å². The summed E-state index contributed by atoms with van der Waals surface area (Å²) < 4.78 is 0. The standard InChI is InChI=1S/C53H82N6O15/c1-5-6-7-8-9-10-11-12-13-14-15-16-17-18-19-20-43(67)54-38-28-42(66)50(71)57-51(72)46-47(68)31(2)29-59(46)53(74)45(33(4)61)55-48(69)37(40(64)25-34-21-23-35(62)24-22-34)27-41(65)39-26-36(63)30-58(39)52(73)44(32(3)60)56-49(38)70/h9-10,12-13,21-24,31-33,36-40,42,44-47,50,60-64,66,68,71H,5-8,11,14-20,25-30H2,1-4H3,(H,54,67)(H,55,69)(H,56,70)(H,57,72)/b10-9-,13-12-/t31-,32+,33+,36+,37-,38-,39-,40+,42+,44-,45-,46?,47-,50+/m0/s1. The Balaban J connectivity index is 1.60. The van der Waals surface area contributed by atoms with E-state index < -0.39 is 146 Å². The molecule has 3 fully saturated rings. The smallest absolute Gasteiger partial charge is 0.248 e. The van der Waals surface area contributed by atoms with Gasteiger partial charge in [0.15, 0.2) is 12.0 Å². The lowest BCUT2D eigenvalue weighted by molar-refractivity contribution is -0.148. The highest BCUT2D eigenvalue weighted by Crippen LogP contribution is 2.28. The van der Waals surface area contributed by atoms with Gasteiger partial charge < -0.3 is 71.9 Å². The molecule has 414 valence electrons. The van der Waals surface area contributed by atoms with Gasteiger partial charge in [-0.15, -0.1) is 0 Å². The van der Waals surface area contributed by atoms with Gasteiger partial charge in [0.05, 0.1) is 42.5 Å². The van der Waals surface area contributed by atoms with E-state index >= 15 is 0 Å². The molecule has 3 saturated heterocycles. The van der Waals surface area contributed by atoms with E-state index in [-0.39, 0.29) is 31.6 Å². The van der Waals surface area contributed by atoms with Crippen LogP contribution in [0.1, 0.15) is 130 Å². The van der Waals surface area contributed by atoms with Crippen LogP contribution >= 0.6 is 0 Å². The molecule has 3 aliphatic heterocycles. The summed E-state index contributed by atoms with van der Waals surface area (Å²) in [5.41, 5.74) is 0.418. The molecule has 1 aromatic carbocycles. The number of nitrogens with one attached hydrogen (secondary N) is 4. The number of aromatic hydroxyl groups is 1. The lowest BCUT2D eigenvalue weighted by Crippen LogP contribution is -2.61. The van der Waals surface area contributed by atoms with Gasteiger partial charge in [-0.25, -0.2) is 0 Å². The van der Waals surface area contributed by atoms with Gasteiger partial charge in [0.2, 0.25) is 35.4 Å². The molecule has 1 aromatic rings. The number of ketones is 1. The highest BCUT2D eigenvalue weighted by molar-refractivity contribution is 5.98. The van der Waals surface area contributed by atoms with Crippen LogP contribution in [0.25, 0.3) is 0 Å². The van der Waals surface area contributed by atoms with Gasteiger partial charge in [0, 0.05) is 44.7 Å². The molecular formula is C53H82N6O15. The summed E-state index contributed by atoms with van der Waals surface area (Å²) in [6, 6.07) is -3.03. The number of rotatable bonds is 20. The van der Waals surface area contributed by atoms with Gasteiger partial charge in [-0.2, -0.15) is 0 Å². The van der Waals surface area contributed by atoms with Crippen LogP contribution in [0, 0.1) is 11.8 Å². The number of benzene rings is 1. The molecule has 3 heterocycles. The first-order valence-corrected chi connectivity index (χ1v) is 26.3. The quantitative estimate of drug-likeness (QED) is 0.0616. The van der Waals surface area contributed by atoms with Crippen LogP contribution in [-0.2, 0) is 40.0 Å². The molecule has 1 unspecified atom stereocenters. The molecule has 0 bridgehead atoms. The fourth-order valence-electron chi connectivity index (χ4n) is 9.63. The molecule has 12 N–H and O–H groups in total. The van der Waals surface area contributed by atoms with Crippen molar-refractivity contribution in [2.24, 2.45) is 11.8 Å². The van der Waals surface area contributed by atoms with E-state index in [4.69, 9.17) is 0 Å². The maximum atomic E-state index is 14.3. The third-order valence-electron chi connectivity index (χ3n) is 14.0. The number of hydrogen-bond donors (Lipinski definition) is 12. The van der Waals surface area contributed by atoms with Crippen molar-refractivity contribution in [1.29, 1.82) is 0 Å². The minimum atomic E-state index is -2.19. The summed E-state index contributed by atoms with van der Waals surface area (Å²) in [5.74, 6) is -9.56. The van der Waals surface area contributed by atoms with Crippen molar-refractivity contribution >= 4 is 41.2 Å². The maximum Gasteiger partial charge on any atom is 0.248 e. The molecule has 0 saturated carbocycles. The normalized spacial score (nSPS) is 29.3. The van der Waals surface area contributed by atoms with Gasteiger partial charge in [0.25, 0.3) is 0 Å². The number of hydrogen-bond acceptors (Lipinski definition) is 15. The number of Topliss-reactive ketones (excluding diaryl/α,β-unsaturated/α-hetero) is 1. The van der Waals surface area contributed by atoms with Crippen LogP contribution in [0.4, 0.5) is 0 Å². The molecule has 0 spiro atoms. The molecule has 4 rings (SSSR count). The molecule has 21 nitrogen and oxygen atoms in total. The summed E-state index contributed by atoms with van der Waals surface area (Å²) >= 11 is 0. The number of phenols is 1. The van der Waals surface area contributed by atoms with Crippen molar-refractivity contribution in [2.45, 2.75) is 203 Å².